The molecular formula is C27H54O4Si2. The largest absolute Gasteiger partial charge is 0.413 e. The molecule has 33 heavy (non-hydrogen) atoms. The number of ketones is 1. The van der Waals surface area contributed by atoms with E-state index in [-0.39, 0.29) is 46.5 Å². The van der Waals surface area contributed by atoms with Crippen LogP contribution in [0.15, 0.2) is 12.2 Å². The van der Waals surface area contributed by atoms with Gasteiger partial charge in [-0.05, 0) is 42.7 Å². The van der Waals surface area contributed by atoms with Gasteiger partial charge in [-0.3, -0.25) is 4.79 Å². The van der Waals surface area contributed by atoms with E-state index in [0.717, 1.165) is 12.8 Å². The minimum absolute atomic E-state index is 0.0475. The van der Waals surface area contributed by atoms with Crippen LogP contribution in [0.25, 0.3) is 0 Å². The van der Waals surface area contributed by atoms with Gasteiger partial charge < -0.3 is 14.0 Å². The molecule has 194 valence electrons. The fourth-order valence-electron chi connectivity index (χ4n) is 3.89. The van der Waals surface area contributed by atoms with Crippen LogP contribution in [0.2, 0.25) is 36.3 Å². The average molecular weight is 499 g/mol. The Morgan fingerprint density at radius 3 is 2.06 bits per heavy atom. The zero-order valence-corrected chi connectivity index (χ0v) is 25.6. The van der Waals surface area contributed by atoms with E-state index in [9.17, 15) is 9.90 Å². The molecule has 1 aliphatic rings. The Morgan fingerprint density at radius 1 is 1.00 bits per heavy atom. The molecule has 1 N–H and O–H groups in total. The van der Waals surface area contributed by atoms with E-state index in [4.69, 9.17) is 8.85 Å². The first-order valence-corrected chi connectivity index (χ1v) is 19.0. The summed E-state index contributed by atoms with van der Waals surface area (Å²) in [6, 6.07) is 0. The highest BCUT2D eigenvalue weighted by molar-refractivity contribution is 6.74. The normalized spacial score (nSPS) is 24.1. The van der Waals surface area contributed by atoms with Crippen molar-refractivity contribution in [2.24, 2.45) is 11.8 Å². The predicted octanol–water partition coefficient (Wildman–Crippen LogP) is 7.49. The monoisotopic (exact) mass is 498 g/mol. The summed E-state index contributed by atoms with van der Waals surface area (Å²) in [4.78, 5) is 12.7. The van der Waals surface area contributed by atoms with Crippen LogP contribution in [-0.4, -0.2) is 46.3 Å². The molecule has 0 aromatic carbocycles. The standard InChI is InChI=1S/C27H54O4Si2/c1-12-13-14-15-16-21(30-32(8,9)26(2,3)4)17-18-22-23(20-28)24(29)19-25(22)31-33(10,11)27(5,6)7/h17-18,21-23,25,28H,12-16,19-20H2,1-11H3/t21-,22?,23?,25?/m1/s1. The quantitative estimate of drug-likeness (QED) is 0.172. The Hall–Kier alpha value is -0.276. The van der Waals surface area contributed by atoms with Gasteiger partial charge in [-0.25, -0.2) is 0 Å². The first-order valence-electron chi connectivity index (χ1n) is 13.1. The molecule has 3 unspecified atom stereocenters. The highest BCUT2D eigenvalue weighted by Crippen LogP contribution is 2.42. The molecule has 0 aromatic rings. The fraction of sp³-hybridized carbons (Fsp3) is 0.889. The van der Waals surface area contributed by atoms with E-state index >= 15 is 0 Å². The van der Waals surface area contributed by atoms with Gasteiger partial charge in [0, 0.05) is 18.3 Å². The second kappa shape index (κ2) is 12.1. The van der Waals surface area contributed by atoms with Crippen LogP contribution in [0, 0.1) is 11.8 Å². The van der Waals surface area contributed by atoms with E-state index in [0.29, 0.717) is 6.42 Å². The molecule has 4 nitrogen and oxygen atoms in total. The summed E-state index contributed by atoms with van der Waals surface area (Å²) in [7, 11) is -3.95. The minimum Gasteiger partial charge on any atom is -0.413 e. The van der Waals surface area contributed by atoms with Crippen molar-refractivity contribution in [2.75, 3.05) is 6.61 Å². The molecule has 4 atom stereocenters. The number of hydrogen-bond donors (Lipinski definition) is 1. The van der Waals surface area contributed by atoms with Gasteiger partial charge in [0.1, 0.15) is 5.78 Å². The Bertz CT molecular complexity index is 643. The third kappa shape index (κ3) is 8.71. The summed E-state index contributed by atoms with van der Waals surface area (Å²) in [5, 5.41) is 10.2. The van der Waals surface area contributed by atoms with Crippen LogP contribution < -0.4 is 0 Å². The lowest BCUT2D eigenvalue weighted by Crippen LogP contribution is -2.45. The number of Topliss-reactive ketones (excluding diaryl/α,β-unsaturated/α-hetero) is 1. The van der Waals surface area contributed by atoms with E-state index in [1.54, 1.807) is 0 Å². The molecule has 6 heteroatoms. The zero-order valence-electron chi connectivity index (χ0n) is 23.6. The number of rotatable bonds is 12. The summed E-state index contributed by atoms with van der Waals surface area (Å²) in [5.41, 5.74) is 0. The fourth-order valence-corrected chi connectivity index (χ4v) is 6.55. The van der Waals surface area contributed by atoms with Gasteiger partial charge in [-0.15, -0.1) is 0 Å². The average Bonchev–Trinajstić information content (AvgIpc) is 2.94. The van der Waals surface area contributed by atoms with Gasteiger partial charge >= 0.3 is 0 Å². The summed E-state index contributed by atoms with van der Waals surface area (Å²) < 4.78 is 13.5. The van der Waals surface area contributed by atoms with E-state index < -0.39 is 16.6 Å². The molecule has 1 rings (SSSR count). The number of aliphatic hydroxyl groups is 1. The second-order valence-electron chi connectivity index (χ2n) is 13.1. The van der Waals surface area contributed by atoms with Crippen molar-refractivity contribution in [3.05, 3.63) is 12.2 Å². The molecule has 0 bridgehead atoms. The van der Waals surface area contributed by atoms with E-state index in [1.165, 1.54) is 19.3 Å². The Balaban J connectivity index is 3.13. The van der Waals surface area contributed by atoms with Gasteiger partial charge in [0.25, 0.3) is 0 Å². The van der Waals surface area contributed by atoms with Crippen molar-refractivity contribution in [3.8, 4) is 0 Å². The van der Waals surface area contributed by atoms with Gasteiger partial charge in [-0.1, -0.05) is 86.3 Å². The number of aliphatic hydroxyl groups excluding tert-OH is 1. The summed E-state index contributed by atoms with van der Waals surface area (Å²) in [6.07, 6.45) is 10.5. The Labute approximate surface area is 207 Å². The highest BCUT2D eigenvalue weighted by atomic mass is 28.4. The predicted molar refractivity (Wildman–Crippen MR) is 146 cm³/mol. The molecular weight excluding hydrogens is 444 g/mol. The highest BCUT2D eigenvalue weighted by Gasteiger charge is 2.47. The van der Waals surface area contributed by atoms with Crippen LogP contribution in [0.5, 0.6) is 0 Å². The lowest BCUT2D eigenvalue weighted by molar-refractivity contribution is -0.122. The first-order chi connectivity index (χ1) is 15.0. The van der Waals surface area contributed by atoms with Crippen LogP contribution in [0.4, 0.5) is 0 Å². The summed E-state index contributed by atoms with van der Waals surface area (Å²) in [5.74, 6) is -0.330. The molecule has 0 amide bonds. The lowest BCUT2D eigenvalue weighted by atomic mass is 9.94. The maximum atomic E-state index is 12.7. The van der Waals surface area contributed by atoms with E-state index in [1.807, 2.05) is 0 Å². The lowest BCUT2D eigenvalue weighted by Gasteiger charge is -2.40. The molecule has 1 saturated carbocycles. The molecule has 0 heterocycles. The van der Waals surface area contributed by atoms with Gasteiger partial charge in [0.15, 0.2) is 16.6 Å². The van der Waals surface area contributed by atoms with Gasteiger partial charge in [0.05, 0.1) is 18.8 Å². The molecule has 0 aliphatic heterocycles. The molecule has 0 saturated heterocycles. The van der Waals surface area contributed by atoms with Crippen molar-refractivity contribution >= 4 is 22.4 Å². The van der Waals surface area contributed by atoms with Crippen LogP contribution >= 0.6 is 0 Å². The molecule has 0 spiro atoms. The maximum absolute atomic E-state index is 12.7. The molecule has 1 fully saturated rings. The second-order valence-corrected chi connectivity index (χ2v) is 22.6. The zero-order chi connectivity index (χ0) is 25.7. The summed E-state index contributed by atoms with van der Waals surface area (Å²) in [6.45, 7) is 24.7. The van der Waals surface area contributed by atoms with Gasteiger partial charge in [-0.2, -0.15) is 0 Å². The number of carbonyl (C=O) groups is 1. The smallest absolute Gasteiger partial charge is 0.192 e. The SMILES string of the molecule is CCCCCC[C@H](C=CC1C(O[Si](C)(C)C(C)(C)C)CC(=O)C1CO)O[Si](C)(C)C(C)(C)C. The number of carbonyl (C=O) groups excluding carboxylic acids is 1. The molecule has 0 aromatic heterocycles. The molecule has 1 aliphatic carbocycles. The van der Waals surface area contributed by atoms with E-state index in [2.05, 4.69) is 86.8 Å². The molecule has 0 radical (unpaired) electrons. The van der Waals surface area contributed by atoms with Crippen molar-refractivity contribution in [3.63, 3.8) is 0 Å². The minimum atomic E-state index is -2.03. The number of hydrogen-bond acceptors (Lipinski definition) is 4. The maximum Gasteiger partial charge on any atom is 0.192 e. The van der Waals surface area contributed by atoms with Gasteiger partial charge in [0.2, 0.25) is 0 Å². The Morgan fingerprint density at radius 2 is 1.58 bits per heavy atom. The van der Waals surface area contributed by atoms with Crippen molar-refractivity contribution in [2.45, 2.75) is 135 Å². The summed E-state index contributed by atoms with van der Waals surface area (Å²) >= 11 is 0. The van der Waals surface area contributed by atoms with Crippen LogP contribution in [0.3, 0.4) is 0 Å². The first kappa shape index (κ1) is 30.8. The van der Waals surface area contributed by atoms with Crippen LogP contribution in [-0.2, 0) is 13.6 Å². The number of unbranched alkanes of at least 4 members (excludes halogenated alkanes) is 3. The third-order valence-corrected chi connectivity index (χ3v) is 17.3. The Kier molecular flexibility index (Phi) is 11.3. The van der Waals surface area contributed by atoms with Crippen molar-refractivity contribution < 1.29 is 18.8 Å². The van der Waals surface area contributed by atoms with Crippen molar-refractivity contribution in [1.29, 1.82) is 0 Å². The third-order valence-electron chi connectivity index (χ3n) is 8.30. The van der Waals surface area contributed by atoms with Crippen LogP contribution in [0.1, 0.15) is 87.0 Å². The van der Waals surface area contributed by atoms with Crippen molar-refractivity contribution in [1.82, 2.24) is 0 Å². The topological polar surface area (TPSA) is 55.8 Å².